The van der Waals surface area contributed by atoms with Crippen LogP contribution in [-0.2, 0) is 7.05 Å². The zero-order chi connectivity index (χ0) is 8.01. The predicted molar refractivity (Wildman–Crippen MR) is 44.3 cm³/mol. The maximum absolute atomic E-state index is 5.66. The molecular formula is C8H13N3. The molecule has 0 atom stereocenters. The molecule has 0 aromatic carbocycles. The summed E-state index contributed by atoms with van der Waals surface area (Å²) >= 11 is 0. The Morgan fingerprint density at radius 3 is 2.55 bits per heavy atom. The van der Waals surface area contributed by atoms with Crippen LogP contribution in [0, 0.1) is 6.92 Å². The predicted octanol–water partition coefficient (Wildman–Crippen LogP) is 1.19. The second-order valence-electron chi connectivity index (χ2n) is 3.27. The molecular weight excluding hydrogens is 138 g/mol. The first kappa shape index (κ1) is 6.70. The average molecular weight is 151 g/mol. The molecule has 1 aliphatic carbocycles. The van der Waals surface area contributed by atoms with Gasteiger partial charge < -0.3 is 10.3 Å². The number of anilines is 1. The van der Waals surface area contributed by atoms with Gasteiger partial charge in [-0.25, -0.2) is 4.98 Å². The molecule has 1 aliphatic rings. The lowest BCUT2D eigenvalue weighted by molar-refractivity contribution is 0.832. The summed E-state index contributed by atoms with van der Waals surface area (Å²) < 4.78 is 2.01. The van der Waals surface area contributed by atoms with Crippen molar-refractivity contribution in [3.63, 3.8) is 0 Å². The Labute approximate surface area is 66.2 Å². The quantitative estimate of drug-likeness (QED) is 0.655. The molecule has 3 heteroatoms. The van der Waals surface area contributed by atoms with E-state index in [0.717, 1.165) is 11.6 Å². The van der Waals surface area contributed by atoms with Crippen molar-refractivity contribution >= 4 is 5.95 Å². The summed E-state index contributed by atoms with van der Waals surface area (Å²) in [6, 6.07) is 0. The number of aryl methyl sites for hydroxylation is 1. The van der Waals surface area contributed by atoms with Crippen molar-refractivity contribution in [3.8, 4) is 0 Å². The van der Waals surface area contributed by atoms with Gasteiger partial charge in [0.05, 0.1) is 5.69 Å². The van der Waals surface area contributed by atoms with E-state index in [4.69, 9.17) is 5.73 Å². The monoisotopic (exact) mass is 151 g/mol. The molecule has 1 fully saturated rings. The van der Waals surface area contributed by atoms with Crippen molar-refractivity contribution < 1.29 is 0 Å². The molecule has 3 nitrogen and oxygen atoms in total. The Kier molecular flexibility index (Phi) is 1.22. The molecule has 2 rings (SSSR count). The molecule has 0 spiro atoms. The lowest BCUT2D eigenvalue weighted by Gasteiger charge is -2.00. The number of nitrogens with two attached hydrogens (primary N) is 1. The zero-order valence-electron chi connectivity index (χ0n) is 6.96. The first-order valence-electron chi connectivity index (χ1n) is 3.99. The third kappa shape index (κ3) is 0.914. The maximum atomic E-state index is 5.66. The van der Waals surface area contributed by atoms with Crippen molar-refractivity contribution in [2.45, 2.75) is 25.7 Å². The second kappa shape index (κ2) is 2.00. The van der Waals surface area contributed by atoms with E-state index in [9.17, 15) is 0 Å². The van der Waals surface area contributed by atoms with Gasteiger partial charge in [-0.15, -0.1) is 0 Å². The molecule has 11 heavy (non-hydrogen) atoms. The first-order chi connectivity index (χ1) is 5.20. The molecule has 0 radical (unpaired) electrons. The van der Waals surface area contributed by atoms with E-state index >= 15 is 0 Å². The van der Waals surface area contributed by atoms with Crippen LogP contribution in [0.1, 0.15) is 30.1 Å². The lowest BCUT2D eigenvalue weighted by Crippen LogP contribution is -2.00. The SMILES string of the molecule is Cc1nc(N)n(C)c1C1CC1. The van der Waals surface area contributed by atoms with Crippen LogP contribution in [0.5, 0.6) is 0 Å². The lowest BCUT2D eigenvalue weighted by atomic mass is 10.2. The Balaban J connectivity index is 2.50. The van der Waals surface area contributed by atoms with Gasteiger partial charge in [0.1, 0.15) is 0 Å². The summed E-state index contributed by atoms with van der Waals surface area (Å²) in [5, 5.41) is 0. The largest absolute Gasteiger partial charge is 0.369 e. The van der Waals surface area contributed by atoms with Crippen LogP contribution in [0.2, 0.25) is 0 Å². The van der Waals surface area contributed by atoms with Crippen LogP contribution >= 0.6 is 0 Å². The number of hydrogen-bond donors (Lipinski definition) is 1. The van der Waals surface area contributed by atoms with Gasteiger partial charge in [0.15, 0.2) is 5.95 Å². The molecule has 0 aliphatic heterocycles. The molecule has 60 valence electrons. The summed E-state index contributed by atoms with van der Waals surface area (Å²) in [6.45, 7) is 2.03. The molecule has 0 unspecified atom stereocenters. The molecule has 1 heterocycles. The van der Waals surface area contributed by atoms with Crippen molar-refractivity contribution in [2.24, 2.45) is 7.05 Å². The van der Waals surface area contributed by atoms with E-state index < -0.39 is 0 Å². The number of nitrogens with zero attached hydrogens (tertiary/aromatic N) is 2. The Hall–Kier alpha value is -0.990. The summed E-state index contributed by atoms with van der Waals surface area (Å²) in [5.41, 5.74) is 8.10. The summed E-state index contributed by atoms with van der Waals surface area (Å²) in [7, 11) is 1.99. The van der Waals surface area contributed by atoms with E-state index in [2.05, 4.69) is 4.98 Å². The van der Waals surface area contributed by atoms with Crippen LogP contribution in [0.25, 0.3) is 0 Å². The Morgan fingerprint density at radius 1 is 1.55 bits per heavy atom. The standard InChI is InChI=1S/C8H13N3/c1-5-7(6-3-4-6)11(2)8(9)10-5/h6H,3-4H2,1-2H3,(H2,9,10). The molecule has 0 saturated heterocycles. The smallest absolute Gasteiger partial charge is 0.200 e. The molecule has 2 N–H and O–H groups in total. The third-order valence-electron chi connectivity index (χ3n) is 2.32. The average Bonchev–Trinajstić information content (AvgIpc) is 2.68. The van der Waals surface area contributed by atoms with Gasteiger partial charge in [-0.1, -0.05) is 0 Å². The molecule has 0 bridgehead atoms. The molecule has 1 aromatic heterocycles. The van der Waals surface area contributed by atoms with Gasteiger partial charge in [-0.3, -0.25) is 0 Å². The third-order valence-corrected chi connectivity index (χ3v) is 2.32. The van der Waals surface area contributed by atoms with Gasteiger partial charge in [0.25, 0.3) is 0 Å². The van der Waals surface area contributed by atoms with Crippen molar-refractivity contribution in [1.29, 1.82) is 0 Å². The molecule has 1 aromatic rings. The van der Waals surface area contributed by atoms with Gasteiger partial charge in [-0.2, -0.15) is 0 Å². The highest BCUT2D eigenvalue weighted by Gasteiger charge is 2.29. The molecule has 0 amide bonds. The van der Waals surface area contributed by atoms with Gasteiger partial charge in [-0.05, 0) is 19.8 Å². The number of nitrogen functional groups attached to an aromatic ring is 1. The normalized spacial score (nSPS) is 17.3. The van der Waals surface area contributed by atoms with Crippen molar-refractivity contribution in [2.75, 3.05) is 5.73 Å². The van der Waals surface area contributed by atoms with Crippen molar-refractivity contribution in [3.05, 3.63) is 11.4 Å². The second-order valence-corrected chi connectivity index (χ2v) is 3.27. The summed E-state index contributed by atoms with van der Waals surface area (Å²) in [5.74, 6) is 1.38. The van der Waals surface area contributed by atoms with Crippen LogP contribution < -0.4 is 5.73 Å². The van der Waals surface area contributed by atoms with Crippen LogP contribution in [-0.4, -0.2) is 9.55 Å². The van der Waals surface area contributed by atoms with Crippen molar-refractivity contribution in [1.82, 2.24) is 9.55 Å². The minimum Gasteiger partial charge on any atom is -0.369 e. The Morgan fingerprint density at radius 2 is 2.18 bits per heavy atom. The van der Waals surface area contributed by atoms with E-state index in [1.54, 1.807) is 0 Å². The zero-order valence-corrected chi connectivity index (χ0v) is 6.96. The highest BCUT2D eigenvalue weighted by molar-refractivity contribution is 5.32. The summed E-state index contributed by atoms with van der Waals surface area (Å²) in [4.78, 5) is 4.21. The molecule has 1 saturated carbocycles. The minimum absolute atomic E-state index is 0.643. The summed E-state index contributed by atoms with van der Waals surface area (Å²) in [6.07, 6.45) is 2.61. The van der Waals surface area contributed by atoms with E-state index in [1.165, 1.54) is 18.5 Å². The number of imidazole rings is 1. The van der Waals surface area contributed by atoms with Gasteiger partial charge in [0.2, 0.25) is 0 Å². The fourth-order valence-corrected chi connectivity index (χ4v) is 1.60. The minimum atomic E-state index is 0.643. The van der Waals surface area contributed by atoms with E-state index in [-0.39, 0.29) is 0 Å². The van der Waals surface area contributed by atoms with Crippen LogP contribution in [0.3, 0.4) is 0 Å². The fraction of sp³-hybridized carbons (Fsp3) is 0.625. The number of hydrogen-bond acceptors (Lipinski definition) is 2. The number of rotatable bonds is 1. The highest BCUT2D eigenvalue weighted by atomic mass is 15.1. The number of aromatic nitrogens is 2. The Bertz CT molecular complexity index is 284. The van der Waals surface area contributed by atoms with Gasteiger partial charge >= 0.3 is 0 Å². The fourth-order valence-electron chi connectivity index (χ4n) is 1.60. The first-order valence-corrected chi connectivity index (χ1v) is 3.99. The topological polar surface area (TPSA) is 43.8 Å². The maximum Gasteiger partial charge on any atom is 0.200 e. The van der Waals surface area contributed by atoms with Crippen LogP contribution in [0.15, 0.2) is 0 Å². The van der Waals surface area contributed by atoms with Crippen LogP contribution in [0.4, 0.5) is 5.95 Å². The van der Waals surface area contributed by atoms with E-state index in [1.807, 2.05) is 18.5 Å². The highest BCUT2D eigenvalue weighted by Crippen LogP contribution is 2.41. The van der Waals surface area contributed by atoms with E-state index in [0.29, 0.717) is 5.95 Å². The van der Waals surface area contributed by atoms with Gasteiger partial charge in [0, 0.05) is 18.7 Å².